The minimum absolute atomic E-state index is 0.220. The van der Waals surface area contributed by atoms with Crippen molar-refractivity contribution < 1.29 is 13.6 Å². The van der Waals surface area contributed by atoms with Crippen LogP contribution in [0.2, 0.25) is 0 Å². The van der Waals surface area contributed by atoms with E-state index >= 15 is 0 Å². The molecule has 0 N–H and O–H groups in total. The molecule has 0 spiro atoms. The van der Waals surface area contributed by atoms with Gasteiger partial charge in [-0.2, -0.15) is 0 Å². The first-order valence-corrected chi connectivity index (χ1v) is 5.28. The van der Waals surface area contributed by atoms with Crippen molar-refractivity contribution in [2.24, 2.45) is 0 Å². The number of hydrogen-bond donors (Lipinski definition) is 0. The molecule has 1 aromatic carbocycles. The van der Waals surface area contributed by atoms with Crippen molar-refractivity contribution in [1.82, 2.24) is 4.90 Å². The van der Waals surface area contributed by atoms with Crippen LogP contribution >= 0.6 is 11.6 Å². The monoisotopic (exact) mass is 247 g/mol. The molecule has 0 aliphatic rings. The van der Waals surface area contributed by atoms with Crippen molar-refractivity contribution in [3.63, 3.8) is 0 Å². The first kappa shape index (κ1) is 12.9. The number of amides is 1. The molecule has 5 heteroatoms. The van der Waals surface area contributed by atoms with E-state index in [2.05, 4.69) is 0 Å². The molecule has 0 radical (unpaired) electrons. The van der Waals surface area contributed by atoms with Crippen LogP contribution in [0, 0.1) is 18.6 Å². The third kappa shape index (κ3) is 2.50. The maximum Gasteiger partial charge on any atom is 0.259 e. The third-order valence-electron chi connectivity index (χ3n) is 2.26. The second-order valence-electron chi connectivity index (χ2n) is 3.47. The number of halogens is 3. The molecule has 0 fully saturated rings. The summed E-state index contributed by atoms with van der Waals surface area (Å²) in [5.74, 6) is -2.14. The molecule has 1 amide bonds. The summed E-state index contributed by atoms with van der Waals surface area (Å²) in [6.07, 6.45) is 0. The maximum absolute atomic E-state index is 13.6. The Kier molecular flexibility index (Phi) is 4.24. The Labute approximate surface area is 97.8 Å². The highest BCUT2D eigenvalue weighted by Crippen LogP contribution is 2.17. The number of alkyl halides is 1. The normalized spacial score (nSPS) is 10.3. The number of nitrogens with zero attached hydrogens (tertiary/aromatic N) is 1. The van der Waals surface area contributed by atoms with Crippen LogP contribution in [0.5, 0.6) is 0 Å². The summed E-state index contributed by atoms with van der Waals surface area (Å²) in [6, 6.07) is 2.38. The maximum atomic E-state index is 13.6. The molecule has 16 heavy (non-hydrogen) atoms. The van der Waals surface area contributed by atoms with Crippen molar-refractivity contribution in [3.8, 4) is 0 Å². The minimum atomic E-state index is -0.852. The lowest BCUT2D eigenvalue weighted by Gasteiger charge is -2.16. The Balaban J connectivity index is 3.12. The van der Waals surface area contributed by atoms with Gasteiger partial charge in [0, 0.05) is 19.5 Å². The lowest BCUT2D eigenvalue weighted by molar-refractivity contribution is 0.0793. The second kappa shape index (κ2) is 5.25. The number of hydrogen-bond acceptors (Lipinski definition) is 1. The SMILES string of the molecule is Cc1ccc(F)c(C(=O)N(C)CCCl)c1F. The van der Waals surface area contributed by atoms with Gasteiger partial charge in [-0.3, -0.25) is 4.79 Å². The Morgan fingerprint density at radius 1 is 1.44 bits per heavy atom. The standard InChI is InChI=1S/C11H12ClF2NO/c1-7-3-4-8(13)9(10(7)14)11(16)15(2)6-5-12/h3-4H,5-6H2,1-2H3. The fourth-order valence-corrected chi connectivity index (χ4v) is 1.53. The molecule has 0 unspecified atom stereocenters. The third-order valence-corrected chi connectivity index (χ3v) is 2.43. The second-order valence-corrected chi connectivity index (χ2v) is 3.85. The van der Waals surface area contributed by atoms with E-state index in [0.717, 1.165) is 6.07 Å². The lowest BCUT2D eigenvalue weighted by atomic mass is 10.1. The highest BCUT2D eigenvalue weighted by Gasteiger charge is 2.21. The van der Waals surface area contributed by atoms with Gasteiger partial charge in [-0.1, -0.05) is 6.07 Å². The molecule has 0 heterocycles. The largest absolute Gasteiger partial charge is 0.340 e. The molecule has 1 aromatic rings. The Morgan fingerprint density at radius 3 is 2.62 bits per heavy atom. The first-order valence-electron chi connectivity index (χ1n) is 4.75. The van der Waals surface area contributed by atoms with Gasteiger partial charge < -0.3 is 4.90 Å². The lowest BCUT2D eigenvalue weighted by Crippen LogP contribution is -2.30. The molecule has 0 saturated carbocycles. The van der Waals surface area contributed by atoms with Crippen LogP contribution in [-0.4, -0.2) is 30.3 Å². The summed E-state index contributed by atoms with van der Waals surface area (Å²) >= 11 is 5.46. The molecule has 0 bridgehead atoms. The van der Waals surface area contributed by atoms with Gasteiger partial charge in [0.1, 0.15) is 17.2 Å². The van der Waals surface area contributed by atoms with Gasteiger partial charge >= 0.3 is 0 Å². The van der Waals surface area contributed by atoms with Crippen LogP contribution < -0.4 is 0 Å². The van der Waals surface area contributed by atoms with E-state index in [1.54, 1.807) is 0 Å². The van der Waals surface area contributed by atoms with E-state index in [4.69, 9.17) is 11.6 Å². The average Bonchev–Trinajstić information content (AvgIpc) is 2.24. The molecule has 1 rings (SSSR count). The quantitative estimate of drug-likeness (QED) is 0.752. The highest BCUT2D eigenvalue weighted by molar-refractivity contribution is 6.18. The zero-order valence-electron chi connectivity index (χ0n) is 9.06. The summed E-state index contributed by atoms with van der Waals surface area (Å²) in [5.41, 5.74) is -0.281. The molecule has 0 aliphatic carbocycles. The fourth-order valence-electron chi connectivity index (χ4n) is 1.27. The van der Waals surface area contributed by atoms with E-state index in [1.165, 1.54) is 24.9 Å². The summed E-state index contributed by atoms with van der Waals surface area (Å²) in [7, 11) is 1.45. The number of benzene rings is 1. The molecule has 2 nitrogen and oxygen atoms in total. The average molecular weight is 248 g/mol. The van der Waals surface area contributed by atoms with Crippen LogP contribution in [0.15, 0.2) is 12.1 Å². The van der Waals surface area contributed by atoms with Gasteiger partial charge in [-0.25, -0.2) is 8.78 Å². The molecule has 0 atom stereocenters. The predicted molar refractivity (Wildman–Crippen MR) is 58.8 cm³/mol. The summed E-state index contributed by atoms with van der Waals surface area (Å²) < 4.78 is 27.0. The zero-order chi connectivity index (χ0) is 12.3. The van der Waals surface area contributed by atoms with Crippen molar-refractivity contribution in [3.05, 3.63) is 34.9 Å². The molecule has 88 valence electrons. The molecule has 0 aromatic heterocycles. The minimum Gasteiger partial charge on any atom is -0.340 e. The number of aryl methyl sites for hydroxylation is 1. The van der Waals surface area contributed by atoms with Crippen molar-refractivity contribution in [1.29, 1.82) is 0 Å². The molecular weight excluding hydrogens is 236 g/mol. The smallest absolute Gasteiger partial charge is 0.259 e. The van der Waals surface area contributed by atoms with Crippen molar-refractivity contribution in [2.45, 2.75) is 6.92 Å². The summed E-state index contributed by atoms with van der Waals surface area (Å²) in [4.78, 5) is 12.9. The van der Waals surface area contributed by atoms with Gasteiger partial charge in [0.2, 0.25) is 0 Å². The van der Waals surface area contributed by atoms with E-state index in [9.17, 15) is 13.6 Å². The highest BCUT2D eigenvalue weighted by atomic mass is 35.5. The predicted octanol–water partition coefficient (Wildman–Crippen LogP) is 2.58. The van der Waals surface area contributed by atoms with Crippen LogP contribution in [0.25, 0.3) is 0 Å². The van der Waals surface area contributed by atoms with E-state index in [0.29, 0.717) is 0 Å². The summed E-state index contributed by atoms with van der Waals surface area (Å²) in [6.45, 7) is 1.72. The molecule has 0 saturated heterocycles. The number of rotatable bonds is 3. The van der Waals surface area contributed by atoms with E-state index < -0.39 is 23.1 Å². The zero-order valence-corrected chi connectivity index (χ0v) is 9.81. The van der Waals surface area contributed by atoms with Gasteiger partial charge in [0.25, 0.3) is 5.91 Å². The topological polar surface area (TPSA) is 20.3 Å². The van der Waals surface area contributed by atoms with E-state index in [1.807, 2.05) is 0 Å². The van der Waals surface area contributed by atoms with Crippen LogP contribution in [-0.2, 0) is 0 Å². The van der Waals surface area contributed by atoms with Crippen LogP contribution in [0.1, 0.15) is 15.9 Å². The van der Waals surface area contributed by atoms with Gasteiger partial charge in [-0.05, 0) is 18.6 Å². The molecular formula is C11H12ClF2NO. The van der Waals surface area contributed by atoms with Crippen molar-refractivity contribution in [2.75, 3.05) is 19.5 Å². The van der Waals surface area contributed by atoms with Gasteiger partial charge in [0.05, 0.1) is 0 Å². The van der Waals surface area contributed by atoms with Crippen molar-refractivity contribution >= 4 is 17.5 Å². The molecule has 0 aliphatic heterocycles. The number of carbonyl (C=O) groups is 1. The van der Waals surface area contributed by atoms with Crippen LogP contribution in [0.4, 0.5) is 8.78 Å². The Bertz CT molecular complexity index is 409. The Morgan fingerprint density at radius 2 is 2.06 bits per heavy atom. The Hall–Kier alpha value is -1.16. The van der Waals surface area contributed by atoms with Gasteiger partial charge in [0.15, 0.2) is 0 Å². The first-order chi connectivity index (χ1) is 7.49. The van der Waals surface area contributed by atoms with Gasteiger partial charge in [-0.15, -0.1) is 11.6 Å². The summed E-state index contributed by atoms with van der Waals surface area (Å²) in [5, 5.41) is 0. The fraction of sp³-hybridized carbons (Fsp3) is 0.364. The van der Waals surface area contributed by atoms with Crippen LogP contribution in [0.3, 0.4) is 0 Å². The van der Waals surface area contributed by atoms with E-state index in [-0.39, 0.29) is 18.0 Å². The number of carbonyl (C=O) groups excluding carboxylic acids is 1.